The number of anilines is 1. The fourth-order valence-corrected chi connectivity index (χ4v) is 6.71. The topological polar surface area (TPSA) is 175 Å². The van der Waals surface area contributed by atoms with Crippen LogP contribution < -0.4 is 16.2 Å². The molecule has 244 valence electrons. The van der Waals surface area contributed by atoms with Gasteiger partial charge in [-0.2, -0.15) is 4.31 Å². The van der Waals surface area contributed by atoms with Crippen LogP contribution in [0.1, 0.15) is 45.1 Å². The molecule has 1 fully saturated rings. The van der Waals surface area contributed by atoms with E-state index in [1.54, 1.807) is 0 Å². The van der Waals surface area contributed by atoms with Crippen molar-refractivity contribution in [3.8, 4) is 0 Å². The van der Waals surface area contributed by atoms with E-state index in [1.807, 2.05) is 44.2 Å². The average Bonchev–Trinajstić information content (AvgIpc) is 3.48. The molecule has 2 aromatic carbocycles. The van der Waals surface area contributed by atoms with Crippen molar-refractivity contribution >= 4 is 27.9 Å². The average molecular weight is 634 g/mol. The van der Waals surface area contributed by atoms with Crippen molar-refractivity contribution in [2.24, 2.45) is 5.41 Å². The van der Waals surface area contributed by atoms with Crippen LogP contribution in [0.3, 0.4) is 0 Å². The van der Waals surface area contributed by atoms with Crippen molar-refractivity contribution in [3.63, 3.8) is 0 Å². The van der Waals surface area contributed by atoms with Crippen LogP contribution in [-0.4, -0.2) is 93.1 Å². The number of carbonyl (C=O) groups is 2. The van der Waals surface area contributed by atoms with Gasteiger partial charge >= 0.3 is 6.09 Å². The normalized spacial score (nSPS) is 16.8. The molecule has 0 radical (unpaired) electrons. The monoisotopic (exact) mass is 633 g/mol. The Morgan fingerprint density at radius 2 is 1.84 bits per heavy atom. The second-order valence-electron chi connectivity index (χ2n) is 12.1. The number of unbranched alkanes of at least 4 members (excludes halogenated alkanes) is 1. The fourth-order valence-electron chi connectivity index (χ4n) is 5.07. The van der Waals surface area contributed by atoms with Gasteiger partial charge in [-0.05, 0) is 54.5 Å². The molecular weight excluding hydrogens is 588 g/mol. The molecule has 4 N–H and O–H groups in total. The molecular formula is C31H45N4O8S-. The predicted octanol–water partition coefficient (Wildman–Crippen LogP) is 2.22. The van der Waals surface area contributed by atoms with Gasteiger partial charge in [-0.3, -0.25) is 0 Å². The highest BCUT2D eigenvalue weighted by molar-refractivity contribution is 7.89. The lowest BCUT2D eigenvalue weighted by atomic mass is 9.87. The van der Waals surface area contributed by atoms with E-state index < -0.39 is 39.8 Å². The lowest BCUT2D eigenvalue weighted by Crippen LogP contribution is -2.52. The number of carbonyl (C=O) groups excluding carboxylic acids is 2. The SMILES string of the molecule is CN(CCCCC(C)(C)CN(C[C@@H](O)[C@H](Cc1ccccc1)NC(=O)O[C@H]1CCOC1)S(=O)(=O)c1ccc(N)cc1)C(=O)[O-]. The Bertz CT molecular complexity index is 1300. The zero-order valence-corrected chi connectivity index (χ0v) is 26.5. The largest absolute Gasteiger partial charge is 0.530 e. The van der Waals surface area contributed by atoms with Crippen molar-refractivity contribution in [2.75, 3.05) is 45.6 Å². The first kappa shape index (κ1) is 35.1. The minimum Gasteiger partial charge on any atom is -0.530 e. The van der Waals surface area contributed by atoms with Crippen LogP contribution in [0.2, 0.25) is 0 Å². The molecule has 0 aromatic heterocycles. The molecule has 0 spiro atoms. The summed E-state index contributed by atoms with van der Waals surface area (Å²) in [5.74, 6) is 0. The van der Waals surface area contributed by atoms with Gasteiger partial charge in [0.2, 0.25) is 10.0 Å². The van der Waals surface area contributed by atoms with E-state index in [4.69, 9.17) is 15.2 Å². The summed E-state index contributed by atoms with van der Waals surface area (Å²) in [7, 11) is -2.65. The number of carboxylic acid groups (broad SMARTS) is 1. The Kier molecular flexibility index (Phi) is 12.8. The van der Waals surface area contributed by atoms with Crippen molar-refractivity contribution in [2.45, 2.75) is 69.1 Å². The summed E-state index contributed by atoms with van der Waals surface area (Å²) in [6, 6.07) is 14.3. The predicted molar refractivity (Wildman–Crippen MR) is 164 cm³/mol. The Balaban J connectivity index is 1.82. The van der Waals surface area contributed by atoms with Gasteiger partial charge in [0.25, 0.3) is 0 Å². The molecule has 0 unspecified atom stereocenters. The van der Waals surface area contributed by atoms with Gasteiger partial charge in [-0.25, -0.2) is 13.2 Å². The summed E-state index contributed by atoms with van der Waals surface area (Å²) in [5.41, 5.74) is 6.52. The fraction of sp³-hybridized carbons (Fsp3) is 0.548. The van der Waals surface area contributed by atoms with Crippen LogP contribution in [-0.2, 0) is 25.9 Å². The number of nitrogen functional groups attached to an aromatic ring is 1. The minimum absolute atomic E-state index is 0.0264. The number of nitrogens with zero attached hydrogens (tertiary/aromatic N) is 2. The Labute approximate surface area is 260 Å². The lowest BCUT2D eigenvalue weighted by Gasteiger charge is -2.35. The zero-order chi connectivity index (χ0) is 32.3. The van der Waals surface area contributed by atoms with Crippen LogP contribution in [0.4, 0.5) is 15.3 Å². The summed E-state index contributed by atoms with van der Waals surface area (Å²) in [4.78, 5) is 24.9. The maximum atomic E-state index is 14.0. The third-order valence-corrected chi connectivity index (χ3v) is 9.48. The Hall–Kier alpha value is -3.39. The quantitative estimate of drug-likeness (QED) is 0.185. The highest BCUT2D eigenvalue weighted by Gasteiger charge is 2.35. The van der Waals surface area contributed by atoms with Gasteiger partial charge in [-0.1, -0.05) is 50.6 Å². The summed E-state index contributed by atoms with van der Waals surface area (Å²) in [6.07, 6.45) is -1.00. The zero-order valence-electron chi connectivity index (χ0n) is 25.7. The van der Waals surface area contributed by atoms with Crippen molar-refractivity contribution in [1.29, 1.82) is 0 Å². The molecule has 0 bridgehead atoms. The molecule has 3 rings (SSSR count). The smallest absolute Gasteiger partial charge is 0.407 e. The minimum atomic E-state index is -4.09. The molecule has 1 aliphatic rings. The van der Waals surface area contributed by atoms with Crippen LogP contribution in [0.15, 0.2) is 59.5 Å². The van der Waals surface area contributed by atoms with Crippen molar-refractivity contribution in [1.82, 2.24) is 14.5 Å². The van der Waals surface area contributed by atoms with E-state index in [-0.39, 0.29) is 30.5 Å². The third-order valence-electron chi connectivity index (χ3n) is 7.65. The van der Waals surface area contributed by atoms with Gasteiger partial charge in [0, 0.05) is 38.8 Å². The molecule has 1 aliphatic heterocycles. The van der Waals surface area contributed by atoms with Gasteiger partial charge < -0.3 is 40.4 Å². The van der Waals surface area contributed by atoms with Crippen LogP contribution in [0, 0.1) is 5.41 Å². The Morgan fingerprint density at radius 1 is 1.16 bits per heavy atom. The Morgan fingerprint density at radius 3 is 2.45 bits per heavy atom. The molecule has 1 heterocycles. The van der Waals surface area contributed by atoms with Crippen LogP contribution in [0.25, 0.3) is 0 Å². The number of rotatable bonds is 16. The molecule has 2 amide bonds. The number of benzene rings is 2. The number of aliphatic hydroxyl groups is 1. The number of hydrogen-bond acceptors (Lipinski definition) is 9. The first-order chi connectivity index (χ1) is 20.8. The van der Waals surface area contributed by atoms with E-state index in [9.17, 15) is 28.2 Å². The number of amides is 2. The number of hydrogen-bond donors (Lipinski definition) is 3. The number of aliphatic hydroxyl groups excluding tert-OH is 1. The third kappa shape index (κ3) is 11.0. The molecule has 12 nitrogen and oxygen atoms in total. The van der Waals surface area contributed by atoms with Crippen LogP contribution >= 0.6 is 0 Å². The molecule has 2 aromatic rings. The summed E-state index contributed by atoms with van der Waals surface area (Å²) < 4.78 is 39.9. The highest BCUT2D eigenvalue weighted by Crippen LogP contribution is 2.29. The second-order valence-corrected chi connectivity index (χ2v) is 14.0. The summed E-state index contributed by atoms with van der Waals surface area (Å²) in [5, 5.41) is 25.3. The molecule has 0 saturated carbocycles. The van der Waals surface area contributed by atoms with E-state index >= 15 is 0 Å². The number of sulfonamides is 1. The molecule has 13 heteroatoms. The standard InChI is InChI=1S/C31H46N4O8S/c1-31(2,16-7-8-17-34(3)30(38)39)22-35(44(40,41)26-13-11-24(32)12-14-26)20-28(36)27(19-23-9-5-4-6-10-23)33-29(37)43-25-15-18-42-21-25/h4-6,9-14,25,27-28,36H,7-8,15-22,32H2,1-3H3,(H,33,37)(H,38,39)/p-1/t25-,27-,28+/m0/s1. The number of alkyl carbamates (subject to hydrolysis) is 1. The molecule has 0 aliphatic carbocycles. The molecule has 1 saturated heterocycles. The molecule has 44 heavy (non-hydrogen) atoms. The highest BCUT2D eigenvalue weighted by atomic mass is 32.2. The first-order valence-corrected chi connectivity index (χ1v) is 16.3. The van der Waals surface area contributed by atoms with E-state index in [0.717, 1.165) is 10.5 Å². The van der Waals surface area contributed by atoms with Crippen molar-refractivity contribution in [3.05, 3.63) is 60.2 Å². The van der Waals surface area contributed by atoms with Crippen molar-refractivity contribution < 1.29 is 37.7 Å². The first-order valence-electron chi connectivity index (χ1n) is 14.8. The number of ether oxygens (including phenoxy) is 2. The number of nitrogens with one attached hydrogen (secondary N) is 1. The van der Waals surface area contributed by atoms with Gasteiger partial charge in [0.05, 0.1) is 30.3 Å². The maximum Gasteiger partial charge on any atom is 0.407 e. The van der Waals surface area contributed by atoms with E-state index in [0.29, 0.717) is 51.1 Å². The van der Waals surface area contributed by atoms with E-state index in [2.05, 4.69) is 5.32 Å². The van der Waals surface area contributed by atoms with Crippen LogP contribution in [0.5, 0.6) is 0 Å². The van der Waals surface area contributed by atoms with Gasteiger partial charge in [0.1, 0.15) is 12.2 Å². The maximum absolute atomic E-state index is 14.0. The van der Waals surface area contributed by atoms with E-state index in [1.165, 1.54) is 35.6 Å². The molecule has 3 atom stereocenters. The lowest BCUT2D eigenvalue weighted by molar-refractivity contribution is -0.264. The summed E-state index contributed by atoms with van der Waals surface area (Å²) >= 11 is 0. The second kappa shape index (κ2) is 16.1. The van der Waals surface area contributed by atoms with Gasteiger partial charge in [-0.15, -0.1) is 0 Å². The van der Waals surface area contributed by atoms with Gasteiger partial charge in [0.15, 0.2) is 0 Å². The summed E-state index contributed by atoms with van der Waals surface area (Å²) in [6.45, 7) is 4.71. The number of nitrogens with two attached hydrogens (primary N) is 1.